The number of pyridine rings is 1. The van der Waals surface area contributed by atoms with Gasteiger partial charge in [0.1, 0.15) is 5.69 Å². The lowest BCUT2D eigenvalue weighted by Crippen LogP contribution is -2.12. The quantitative estimate of drug-likeness (QED) is 0.727. The van der Waals surface area contributed by atoms with Crippen LogP contribution in [0.25, 0.3) is 16.9 Å². The molecule has 0 atom stereocenters. The van der Waals surface area contributed by atoms with Crippen molar-refractivity contribution in [2.75, 3.05) is 0 Å². The number of carbonyl (C=O) groups is 1. The van der Waals surface area contributed by atoms with Gasteiger partial charge in [0, 0.05) is 24.9 Å². The number of primary sulfonamides is 1. The molecular formula is C16H14N4O3S. The molecule has 0 fully saturated rings. The molecule has 2 aromatic heterocycles. The van der Waals surface area contributed by atoms with E-state index in [-0.39, 0.29) is 10.7 Å². The maximum atomic E-state index is 11.7. The molecule has 0 spiro atoms. The molecule has 7 nitrogen and oxygen atoms in total. The summed E-state index contributed by atoms with van der Waals surface area (Å²) in [4.78, 5) is 15.7. The third kappa shape index (κ3) is 3.10. The normalized spacial score (nSPS) is 11.4. The van der Waals surface area contributed by atoms with Gasteiger partial charge in [0.05, 0.1) is 16.3 Å². The second kappa shape index (κ2) is 5.99. The van der Waals surface area contributed by atoms with Crippen LogP contribution in [0.5, 0.6) is 0 Å². The average molecular weight is 342 g/mol. The standard InChI is InChI=1S/C16H14N4O3S/c1-11(21)15-10-16(12-6-8-18-9-7-12)20(19-15)13-2-4-14(5-3-13)24(17,22)23/h2-10H,1H3,(H2,17,22,23). The minimum atomic E-state index is -3.76. The van der Waals surface area contributed by atoms with Gasteiger partial charge in [-0.3, -0.25) is 9.78 Å². The summed E-state index contributed by atoms with van der Waals surface area (Å²) in [5.74, 6) is -0.162. The highest BCUT2D eigenvalue weighted by Gasteiger charge is 2.15. The van der Waals surface area contributed by atoms with Crippen LogP contribution >= 0.6 is 0 Å². The first-order valence-electron chi connectivity index (χ1n) is 7.01. The van der Waals surface area contributed by atoms with Crippen LogP contribution in [0, 0.1) is 0 Å². The zero-order valence-corrected chi connectivity index (χ0v) is 13.6. The number of benzene rings is 1. The second-order valence-corrected chi connectivity index (χ2v) is 6.72. The summed E-state index contributed by atoms with van der Waals surface area (Å²) in [6.45, 7) is 1.44. The highest BCUT2D eigenvalue weighted by Crippen LogP contribution is 2.24. The fourth-order valence-electron chi connectivity index (χ4n) is 2.26. The Morgan fingerprint density at radius 2 is 1.71 bits per heavy atom. The topological polar surface area (TPSA) is 108 Å². The van der Waals surface area contributed by atoms with Crippen molar-refractivity contribution in [2.45, 2.75) is 11.8 Å². The maximum Gasteiger partial charge on any atom is 0.238 e. The molecule has 0 amide bonds. The highest BCUT2D eigenvalue weighted by atomic mass is 32.2. The van der Waals surface area contributed by atoms with Gasteiger partial charge in [-0.2, -0.15) is 5.10 Å². The molecule has 0 unspecified atom stereocenters. The lowest BCUT2D eigenvalue weighted by atomic mass is 10.1. The Morgan fingerprint density at radius 1 is 1.08 bits per heavy atom. The van der Waals surface area contributed by atoms with Gasteiger partial charge in [0.2, 0.25) is 10.0 Å². The number of aromatic nitrogens is 3. The molecule has 3 aromatic rings. The molecule has 3 rings (SSSR count). The molecule has 0 aliphatic carbocycles. The van der Waals surface area contributed by atoms with Crippen molar-refractivity contribution in [1.82, 2.24) is 14.8 Å². The number of hydrogen-bond acceptors (Lipinski definition) is 5. The predicted octanol–water partition coefficient (Wildman–Crippen LogP) is 1.78. The number of hydrogen-bond donors (Lipinski definition) is 1. The SMILES string of the molecule is CC(=O)c1cc(-c2ccncc2)n(-c2ccc(S(N)(=O)=O)cc2)n1. The van der Waals surface area contributed by atoms with E-state index >= 15 is 0 Å². The summed E-state index contributed by atoms with van der Waals surface area (Å²) in [6, 6.07) is 11.3. The van der Waals surface area contributed by atoms with Crippen LogP contribution < -0.4 is 5.14 Å². The number of nitrogens with two attached hydrogens (primary N) is 1. The Labute approximate surface area is 138 Å². The van der Waals surface area contributed by atoms with Crippen molar-refractivity contribution < 1.29 is 13.2 Å². The number of ketones is 1. The van der Waals surface area contributed by atoms with E-state index in [1.165, 1.54) is 19.1 Å². The summed E-state index contributed by atoms with van der Waals surface area (Å²) in [5, 5.41) is 9.42. The molecule has 2 N–H and O–H groups in total. The highest BCUT2D eigenvalue weighted by molar-refractivity contribution is 7.89. The summed E-state index contributed by atoms with van der Waals surface area (Å²) in [6.07, 6.45) is 3.29. The number of rotatable bonds is 4. The zero-order valence-electron chi connectivity index (χ0n) is 12.7. The largest absolute Gasteiger partial charge is 0.293 e. The smallest absolute Gasteiger partial charge is 0.238 e. The van der Waals surface area contributed by atoms with Crippen molar-refractivity contribution in [3.05, 3.63) is 60.6 Å². The van der Waals surface area contributed by atoms with Crippen LogP contribution in [0.4, 0.5) is 0 Å². The fourth-order valence-corrected chi connectivity index (χ4v) is 2.77. The summed E-state index contributed by atoms with van der Waals surface area (Å²) < 4.78 is 24.3. The van der Waals surface area contributed by atoms with Crippen molar-refractivity contribution in [2.24, 2.45) is 5.14 Å². The monoisotopic (exact) mass is 342 g/mol. The second-order valence-electron chi connectivity index (χ2n) is 5.16. The van der Waals surface area contributed by atoms with E-state index in [2.05, 4.69) is 10.1 Å². The van der Waals surface area contributed by atoms with Crippen molar-refractivity contribution in [3.8, 4) is 16.9 Å². The van der Waals surface area contributed by atoms with Crippen LogP contribution in [0.3, 0.4) is 0 Å². The number of nitrogens with zero attached hydrogens (tertiary/aromatic N) is 3. The molecule has 0 saturated heterocycles. The number of sulfonamides is 1. The Balaban J connectivity index is 2.15. The number of carbonyl (C=O) groups excluding carboxylic acids is 1. The van der Waals surface area contributed by atoms with Gasteiger partial charge in [0.25, 0.3) is 0 Å². The van der Waals surface area contributed by atoms with E-state index in [1.54, 1.807) is 47.4 Å². The van der Waals surface area contributed by atoms with Gasteiger partial charge >= 0.3 is 0 Å². The molecule has 8 heteroatoms. The van der Waals surface area contributed by atoms with E-state index in [1.807, 2.05) is 0 Å². The van der Waals surface area contributed by atoms with Gasteiger partial charge in [-0.15, -0.1) is 0 Å². The summed E-state index contributed by atoms with van der Waals surface area (Å²) >= 11 is 0. The van der Waals surface area contributed by atoms with Crippen molar-refractivity contribution in [3.63, 3.8) is 0 Å². The van der Waals surface area contributed by atoms with Crippen LogP contribution in [-0.4, -0.2) is 29.0 Å². The lowest BCUT2D eigenvalue weighted by Gasteiger charge is -2.08. The van der Waals surface area contributed by atoms with Crippen LogP contribution in [0.15, 0.2) is 59.8 Å². The van der Waals surface area contributed by atoms with E-state index in [9.17, 15) is 13.2 Å². The molecule has 122 valence electrons. The third-order valence-corrected chi connectivity index (χ3v) is 4.39. The Morgan fingerprint density at radius 3 is 2.25 bits per heavy atom. The molecule has 0 aliphatic rings. The molecule has 24 heavy (non-hydrogen) atoms. The van der Waals surface area contributed by atoms with Gasteiger partial charge in [0.15, 0.2) is 5.78 Å². The lowest BCUT2D eigenvalue weighted by molar-refractivity contribution is 0.101. The molecule has 1 aromatic carbocycles. The fraction of sp³-hybridized carbons (Fsp3) is 0.0625. The maximum absolute atomic E-state index is 11.7. The van der Waals surface area contributed by atoms with Gasteiger partial charge in [-0.25, -0.2) is 18.2 Å². The minimum absolute atomic E-state index is 0.00987. The van der Waals surface area contributed by atoms with Crippen molar-refractivity contribution in [1.29, 1.82) is 0 Å². The summed E-state index contributed by atoms with van der Waals surface area (Å²) in [7, 11) is -3.76. The molecule has 2 heterocycles. The Bertz CT molecular complexity index is 994. The molecular weight excluding hydrogens is 328 g/mol. The molecule has 0 saturated carbocycles. The van der Waals surface area contributed by atoms with Gasteiger partial charge in [-0.05, 0) is 42.5 Å². The Kier molecular flexibility index (Phi) is 4.00. The predicted molar refractivity (Wildman–Crippen MR) is 88.2 cm³/mol. The Hall–Kier alpha value is -2.84. The minimum Gasteiger partial charge on any atom is -0.293 e. The molecule has 0 bridgehead atoms. The van der Waals surface area contributed by atoms with Crippen LogP contribution in [-0.2, 0) is 10.0 Å². The molecule has 0 radical (unpaired) electrons. The summed E-state index contributed by atoms with van der Waals surface area (Å²) in [5.41, 5.74) is 2.46. The van der Waals surface area contributed by atoms with E-state index < -0.39 is 10.0 Å². The van der Waals surface area contributed by atoms with Gasteiger partial charge < -0.3 is 0 Å². The van der Waals surface area contributed by atoms with Crippen LogP contribution in [0.1, 0.15) is 17.4 Å². The van der Waals surface area contributed by atoms with E-state index in [0.29, 0.717) is 17.1 Å². The number of Topliss-reactive ketones (excluding diaryl/α,β-unsaturated/α-hetero) is 1. The average Bonchev–Trinajstić information content (AvgIpc) is 3.00. The first-order valence-corrected chi connectivity index (χ1v) is 8.55. The zero-order chi connectivity index (χ0) is 17.3. The van der Waals surface area contributed by atoms with Crippen molar-refractivity contribution >= 4 is 15.8 Å². The first kappa shape index (κ1) is 16.0. The van der Waals surface area contributed by atoms with Gasteiger partial charge in [-0.1, -0.05) is 0 Å². The molecule has 0 aliphatic heterocycles. The van der Waals surface area contributed by atoms with E-state index in [0.717, 1.165) is 5.56 Å². The van der Waals surface area contributed by atoms with Crippen LogP contribution in [0.2, 0.25) is 0 Å². The third-order valence-electron chi connectivity index (χ3n) is 3.46. The van der Waals surface area contributed by atoms with E-state index in [4.69, 9.17) is 5.14 Å². The first-order chi connectivity index (χ1) is 11.4.